The van der Waals surface area contributed by atoms with E-state index >= 15 is 0 Å². The second-order valence-corrected chi connectivity index (χ2v) is 14.2. The molecule has 1 aliphatic heterocycles. The van der Waals surface area contributed by atoms with E-state index in [1.54, 1.807) is 19.9 Å². The summed E-state index contributed by atoms with van der Waals surface area (Å²) in [6.07, 6.45) is -5.37. The summed E-state index contributed by atoms with van der Waals surface area (Å²) < 4.78 is 74.8. The van der Waals surface area contributed by atoms with Crippen LogP contribution >= 0.6 is 0 Å². The zero-order valence-corrected chi connectivity index (χ0v) is 26.3. The number of hydrogen-bond acceptors (Lipinski definition) is 8. The minimum absolute atomic E-state index is 0.0745. The molecule has 2 fully saturated rings. The fraction of sp³-hybridized carbons (Fsp3) is 0.464. The molecule has 1 aromatic carbocycles. The van der Waals surface area contributed by atoms with E-state index in [1.165, 1.54) is 58.2 Å². The van der Waals surface area contributed by atoms with Crippen LogP contribution < -0.4 is 14.4 Å². The molecule has 2 atom stereocenters. The molecule has 0 spiro atoms. The van der Waals surface area contributed by atoms with Crippen LogP contribution in [-0.4, -0.2) is 104 Å². The Morgan fingerprint density at radius 2 is 1.74 bits per heavy atom. The highest BCUT2D eigenvalue weighted by Gasteiger charge is 2.67. The molecule has 1 aliphatic carbocycles. The zero-order chi connectivity index (χ0) is 34.8. The predicted molar refractivity (Wildman–Crippen MR) is 171 cm³/mol. The summed E-state index contributed by atoms with van der Waals surface area (Å²) in [5.41, 5.74) is -3.62. The van der Waals surface area contributed by atoms with Gasteiger partial charge in [-0.15, -0.1) is 10.2 Å². The molecule has 2 aliphatic rings. The van der Waals surface area contributed by atoms with Crippen molar-refractivity contribution < 1.29 is 36.2 Å². The van der Waals surface area contributed by atoms with Gasteiger partial charge in [-0.1, -0.05) is 23.4 Å². The van der Waals surface area contributed by atoms with E-state index in [4.69, 9.17) is 44.0 Å². The highest BCUT2D eigenvalue weighted by Crippen LogP contribution is 2.60. The van der Waals surface area contributed by atoms with Gasteiger partial charge in [0.2, 0.25) is 5.88 Å². The lowest BCUT2D eigenvalue weighted by molar-refractivity contribution is -0.217. The average Bonchev–Trinajstić information content (AvgIpc) is 3.62. The summed E-state index contributed by atoms with van der Waals surface area (Å²) in [7, 11) is 26.9. The number of rotatable bonds is 10. The van der Waals surface area contributed by atoms with Gasteiger partial charge < -0.3 is 14.7 Å². The molecule has 1 saturated carbocycles. The quantitative estimate of drug-likeness (QED) is 0.316. The number of alkyl halides is 3. The Balaban J connectivity index is 1.49. The summed E-state index contributed by atoms with van der Waals surface area (Å²) in [6, 6.07) is 11.3. The van der Waals surface area contributed by atoms with Crippen molar-refractivity contribution in [2.45, 2.75) is 59.7 Å². The smallest absolute Gasteiger partial charge is 0.397 e. The molecule has 1 saturated heterocycles. The molecule has 19 heteroatoms. The van der Waals surface area contributed by atoms with E-state index in [0.717, 1.165) is 0 Å². The number of halogens is 3. The maximum atomic E-state index is 13.6. The van der Waals surface area contributed by atoms with Crippen molar-refractivity contribution in [1.82, 2.24) is 19.5 Å². The maximum Gasteiger partial charge on any atom is 0.397 e. The number of pyridine rings is 1. The number of amides is 1. The lowest BCUT2D eigenvalue weighted by atomic mass is 9.28. The molecule has 2 N–H and O–H groups in total. The number of nitrogens with one attached hydrogen (secondary N) is 1. The van der Waals surface area contributed by atoms with Gasteiger partial charge in [0.1, 0.15) is 18.5 Å². The van der Waals surface area contributed by atoms with Gasteiger partial charge in [-0.25, -0.2) is 22.8 Å². The summed E-state index contributed by atoms with van der Waals surface area (Å²) in [5.74, 6) is -2.08. The first-order valence-corrected chi connectivity index (χ1v) is 15.9. The van der Waals surface area contributed by atoms with Crippen LogP contribution in [0.25, 0.3) is 5.82 Å². The minimum atomic E-state index is -4.58. The van der Waals surface area contributed by atoms with Crippen LogP contribution in [0.4, 0.5) is 19.0 Å². The number of aliphatic hydroxyl groups excluding tert-OH is 1. The van der Waals surface area contributed by atoms with Gasteiger partial charge in [0.15, 0.2) is 5.82 Å². The van der Waals surface area contributed by atoms with Crippen molar-refractivity contribution in [2.24, 2.45) is 11.3 Å². The summed E-state index contributed by atoms with van der Waals surface area (Å²) in [4.78, 5) is 19.6. The van der Waals surface area contributed by atoms with Crippen molar-refractivity contribution in [3.05, 3.63) is 60.3 Å². The molecule has 2 aromatic heterocycles. The fourth-order valence-electron chi connectivity index (χ4n) is 5.71. The number of benzene rings is 1. The number of aliphatic hydroxyl groups is 1. The van der Waals surface area contributed by atoms with Crippen molar-refractivity contribution in [3.63, 3.8) is 0 Å². The van der Waals surface area contributed by atoms with Crippen LogP contribution in [0.15, 0.2) is 59.6 Å². The SMILES string of the molecule is [B]C([B])([B])[C@@H]1CN(c2nc(-n3ccc(OCC(O)C4(C(F)(F)F)CC4)n3)ccc2C(=O)NS(=O)(=O)c2ccccc2)C(C)(C)C1([B])[B]. The number of anilines is 1. The molecule has 10 nitrogen and oxygen atoms in total. The Morgan fingerprint density at radius 1 is 1.11 bits per heavy atom. The Kier molecular flexibility index (Phi) is 8.69. The molecule has 3 heterocycles. The third-order valence-corrected chi connectivity index (χ3v) is 10.4. The molecule has 10 radical (unpaired) electrons. The maximum absolute atomic E-state index is 13.6. The highest BCUT2D eigenvalue weighted by molar-refractivity contribution is 7.90. The van der Waals surface area contributed by atoms with Crippen LogP contribution in [0, 0.1) is 11.3 Å². The van der Waals surface area contributed by atoms with Gasteiger partial charge >= 0.3 is 6.18 Å². The van der Waals surface area contributed by atoms with E-state index in [1.807, 2.05) is 4.72 Å². The van der Waals surface area contributed by atoms with Crippen LogP contribution in [0.5, 0.6) is 5.88 Å². The van der Waals surface area contributed by atoms with E-state index < -0.39 is 62.0 Å². The number of aromatic nitrogens is 3. The van der Waals surface area contributed by atoms with E-state index in [2.05, 4.69) is 10.1 Å². The topological polar surface area (TPSA) is 127 Å². The number of carbonyl (C=O) groups is 1. The monoisotopic (exact) mass is 657 g/mol. The lowest BCUT2D eigenvalue weighted by Crippen LogP contribution is -2.49. The van der Waals surface area contributed by atoms with Gasteiger partial charge in [0, 0.05) is 24.3 Å². The first kappa shape index (κ1) is 35.0. The second-order valence-electron chi connectivity index (χ2n) is 12.5. The van der Waals surface area contributed by atoms with Crippen molar-refractivity contribution in [3.8, 4) is 11.7 Å². The fourth-order valence-corrected chi connectivity index (χ4v) is 6.69. The zero-order valence-electron chi connectivity index (χ0n) is 25.5. The van der Waals surface area contributed by atoms with Gasteiger partial charge in [0.05, 0.1) is 55.1 Å². The first-order valence-electron chi connectivity index (χ1n) is 14.4. The number of sulfonamides is 1. The Bertz CT molecular complexity index is 1770. The lowest BCUT2D eigenvalue weighted by Gasteiger charge is -2.47. The number of hydrogen-bond donors (Lipinski definition) is 2. The molecular formula is C28H27B5F3N5O5S. The standard InChI is InChI=1S/C28H27B5F3N5O5S/c1-24(2)26(29,30)18(27(31,32)33)14-40(24)22-17(23(43)39-47(44,45)16-6-4-3-5-7-16)8-9-20(37-22)41-13-10-21(38-41)46-15-19(42)25(11-12-25)28(34,35)36/h3-10,13,18-19,42H,11-12,14-15H2,1-2H3,(H,39,43)/t18-,19?/m1/s1. The predicted octanol–water partition coefficient (Wildman–Crippen LogP) is 1.72. The third kappa shape index (κ3) is 6.32. The summed E-state index contributed by atoms with van der Waals surface area (Å²) in [5, 5.41) is 10.9. The average molecular weight is 657 g/mol. The molecule has 236 valence electrons. The molecule has 3 aromatic rings. The Labute approximate surface area is 277 Å². The molecule has 5 rings (SSSR count). The van der Waals surface area contributed by atoms with Crippen molar-refractivity contribution in [1.29, 1.82) is 0 Å². The Hall–Kier alpha value is -3.33. The second kappa shape index (κ2) is 11.7. The molecule has 1 unspecified atom stereocenters. The molecular weight excluding hydrogens is 629 g/mol. The summed E-state index contributed by atoms with van der Waals surface area (Å²) in [6.45, 7) is 2.54. The van der Waals surface area contributed by atoms with Gasteiger partial charge in [-0.2, -0.15) is 13.2 Å². The van der Waals surface area contributed by atoms with Crippen molar-refractivity contribution in [2.75, 3.05) is 18.1 Å². The minimum Gasteiger partial charge on any atom is -0.474 e. The van der Waals surface area contributed by atoms with E-state index in [-0.39, 0.29) is 47.4 Å². The van der Waals surface area contributed by atoms with Gasteiger partial charge in [-0.05, 0) is 56.9 Å². The van der Waals surface area contributed by atoms with Gasteiger partial charge in [-0.3, -0.25) is 4.79 Å². The van der Waals surface area contributed by atoms with Crippen LogP contribution in [0.2, 0.25) is 10.3 Å². The third-order valence-electron chi connectivity index (χ3n) is 9.10. The number of nitrogens with zero attached hydrogens (tertiary/aromatic N) is 4. The number of ether oxygens (including phenoxy) is 1. The van der Waals surface area contributed by atoms with Crippen LogP contribution in [0.1, 0.15) is 37.0 Å². The van der Waals surface area contributed by atoms with Crippen molar-refractivity contribution >= 4 is 61.0 Å². The Morgan fingerprint density at radius 3 is 2.30 bits per heavy atom. The van der Waals surface area contributed by atoms with Crippen LogP contribution in [0.3, 0.4) is 0 Å². The molecule has 0 bridgehead atoms. The number of carbonyl (C=O) groups excluding carboxylic acids is 1. The van der Waals surface area contributed by atoms with Gasteiger partial charge in [0.25, 0.3) is 15.9 Å². The van der Waals surface area contributed by atoms with E-state index in [9.17, 15) is 31.5 Å². The largest absolute Gasteiger partial charge is 0.474 e. The van der Waals surface area contributed by atoms with Crippen LogP contribution in [-0.2, 0) is 10.0 Å². The molecule has 1 amide bonds. The summed E-state index contributed by atoms with van der Waals surface area (Å²) >= 11 is 0. The molecule has 47 heavy (non-hydrogen) atoms. The first-order chi connectivity index (χ1) is 21.6. The van der Waals surface area contributed by atoms with E-state index in [0.29, 0.717) is 0 Å². The normalized spacial score (nSPS) is 20.8. The highest BCUT2D eigenvalue weighted by atomic mass is 32.2.